The molecule has 20 heavy (non-hydrogen) atoms. The summed E-state index contributed by atoms with van der Waals surface area (Å²) >= 11 is 0. The lowest BCUT2D eigenvalue weighted by Crippen LogP contribution is -2.43. The van der Waals surface area contributed by atoms with Crippen LogP contribution in [-0.4, -0.2) is 45.9 Å². The summed E-state index contributed by atoms with van der Waals surface area (Å²) in [5, 5.41) is 3.18. The Labute approximate surface area is 117 Å². The maximum absolute atomic E-state index is 12.4. The van der Waals surface area contributed by atoms with Gasteiger partial charge >= 0.3 is 0 Å². The van der Waals surface area contributed by atoms with Crippen LogP contribution in [0.15, 0.2) is 24.5 Å². The normalized spacial score (nSPS) is 28.1. The topological polar surface area (TPSA) is 49.6 Å². The Kier molecular flexibility index (Phi) is 2.57. The van der Waals surface area contributed by atoms with Crippen molar-refractivity contribution in [2.45, 2.75) is 19.4 Å². The Morgan fingerprint density at radius 1 is 1.35 bits per heavy atom. The zero-order valence-electron chi connectivity index (χ0n) is 11.5. The van der Waals surface area contributed by atoms with Gasteiger partial charge in [0.2, 0.25) is 0 Å². The molecule has 2 fully saturated rings. The molecule has 3 unspecified atom stereocenters. The molecule has 1 amide bonds. The number of nitrogens with one attached hydrogen (secondary N) is 1. The number of imidazole rings is 1. The minimum Gasteiger partial charge on any atom is -0.348 e. The average molecular weight is 270 g/mol. The van der Waals surface area contributed by atoms with E-state index in [9.17, 15) is 4.79 Å². The third kappa shape index (κ3) is 1.89. The summed E-state index contributed by atoms with van der Waals surface area (Å²) in [6.45, 7) is 5.29. The molecule has 5 nitrogen and oxygen atoms in total. The van der Waals surface area contributed by atoms with Crippen molar-refractivity contribution in [2.24, 2.45) is 5.92 Å². The largest absolute Gasteiger partial charge is 0.348 e. The van der Waals surface area contributed by atoms with Crippen LogP contribution in [0.5, 0.6) is 0 Å². The van der Waals surface area contributed by atoms with Gasteiger partial charge in [-0.15, -0.1) is 0 Å². The first kappa shape index (κ1) is 11.9. The molecule has 0 radical (unpaired) electrons. The standard InChI is InChI=1S/C15H18N4O/c1-10-6-19-8-12(2-3-14(19)16-10)15(20)17-13-9-18-5-4-11(13)7-18/h2-3,6,8,11,13H,4-5,7,9H2,1H3,(H,17,20). The molecule has 5 heteroatoms. The van der Waals surface area contributed by atoms with Crippen molar-refractivity contribution in [3.05, 3.63) is 35.8 Å². The molecular weight excluding hydrogens is 252 g/mol. The lowest BCUT2D eigenvalue weighted by molar-refractivity contribution is 0.0924. The van der Waals surface area contributed by atoms with Gasteiger partial charge < -0.3 is 14.6 Å². The van der Waals surface area contributed by atoms with Gasteiger partial charge in [-0.25, -0.2) is 4.98 Å². The number of carbonyl (C=O) groups is 1. The Hall–Kier alpha value is -1.88. The van der Waals surface area contributed by atoms with E-state index in [0.717, 1.165) is 24.4 Å². The molecule has 2 aromatic heterocycles. The lowest BCUT2D eigenvalue weighted by Gasteiger charge is -2.23. The molecule has 2 aromatic rings. The first-order valence-corrected chi connectivity index (χ1v) is 7.17. The summed E-state index contributed by atoms with van der Waals surface area (Å²) in [5.41, 5.74) is 2.54. The van der Waals surface area contributed by atoms with Crippen LogP contribution in [0.1, 0.15) is 22.5 Å². The summed E-state index contributed by atoms with van der Waals surface area (Å²) in [7, 11) is 0. The highest BCUT2D eigenvalue weighted by molar-refractivity contribution is 5.94. The maximum Gasteiger partial charge on any atom is 0.253 e. The van der Waals surface area contributed by atoms with Gasteiger partial charge in [0, 0.05) is 31.5 Å². The van der Waals surface area contributed by atoms with Gasteiger partial charge in [-0.2, -0.15) is 0 Å². The molecule has 2 aliphatic rings. The highest BCUT2D eigenvalue weighted by atomic mass is 16.1. The molecule has 0 aromatic carbocycles. The van der Waals surface area contributed by atoms with Gasteiger partial charge in [-0.1, -0.05) is 0 Å². The van der Waals surface area contributed by atoms with Gasteiger partial charge in [0.15, 0.2) is 0 Å². The number of aromatic nitrogens is 2. The van der Waals surface area contributed by atoms with Crippen LogP contribution in [-0.2, 0) is 0 Å². The summed E-state index contributed by atoms with van der Waals surface area (Å²) < 4.78 is 1.91. The van der Waals surface area contributed by atoms with Crippen molar-refractivity contribution >= 4 is 11.6 Å². The van der Waals surface area contributed by atoms with E-state index in [4.69, 9.17) is 0 Å². The van der Waals surface area contributed by atoms with Crippen molar-refractivity contribution in [1.82, 2.24) is 19.6 Å². The maximum atomic E-state index is 12.4. The van der Waals surface area contributed by atoms with Gasteiger partial charge in [0.1, 0.15) is 5.65 Å². The second-order valence-electron chi connectivity index (χ2n) is 5.95. The summed E-state index contributed by atoms with van der Waals surface area (Å²) in [5.74, 6) is 0.662. The lowest BCUT2D eigenvalue weighted by atomic mass is 10.00. The van der Waals surface area contributed by atoms with Crippen molar-refractivity contribution < 1.29 is 4.79 Å². The monoisotopic (exact) mass is 270 g/mol. The molecule has 0 spiro atoms. The molecule has 2 bridgehead atoms. The SMILES string of the molecule is Cc1cn2cc(C(=O)NC3CN4CCC3C4)ccc2n1. The van der Waals surface area contributed by atoms with E-state index in [0.29, 0.717) is 17.5 Å². The van der Waals surface area contributed by atoms with Crippen molar-refractivity contribution in [3.8, 4) is 0 Å². The number of amides is 1. The van der Waals surface area contributed by atoms with E-state index in [1.54, 1.807) is 0 Å². The first-order chi connectivity index (χ1) is 9.69. The minimum atomic E-state index is 0.0250. The Bertz CT molecular complexity index is 678. The number of nitrogens with zero attached hydrogens (tertiary/aromatic N) is 3. The average Bonchev–Trinajstić information content (AvgIpc) is 3.10. The zero-order chi connectivity index (χ0) is 13.7. The fraction of sp³-hybridized carbons (Fsp3) is 0.467. The number of aryl methyl sites for hydroxylation is 1. The minimum absolute atomic E-state index is 0.0250. The smallest absolute Gasteiger partial charge is 0.253 e. The van der Waals surface area contributed by atoms with Crippen molar-refractivity contribution in [2.75, 3.05) is 19.6 Å². The highest BCUT2D eigenvalue weighted by Crippen LogP contribution is 2.27. The van der Waals surface area contributed by atoms with E-state index >= 15 is 0 Å². The number of rotatable bonds is 2. The van der Waals surface area contributed by atoms with Crippen LogP contribution >= 0.6 is 0 Å². The molecule has 1 N–H and O–H groups in total. The predicted molar refractivity (Wildman–Crippen MR) is 75.7 cm³/mol. The Balaban J connectivity index is 1.54. The molecule has 0 aliphatic carbocycles. The van der Waals surface area contributed by atoms with Crippen LogP contribution < -0.4 is 5.32 Å². The highest BCUT2D eigenvalue weighted by Gasteiger charge is 2.38. The first-order valence-electron chi connectivity index (χ1n) is 7.17. The van der Waals surface area contributed by atoms with E-state index in [1.165, 1.54) is 13.0 Å². The molecule has 2 saturated heterocycles. The summed E-state index contributed by atoms with van der Waals surface area (Å²) in [6, 6.07) is 4.06. The van der Waals surface area contributed by atoms with Crippen LogP contribution in [0.2, 0.25) is 0 Å². The summed E-state index contributed by atoms with van der Waals surface area (Å²) in [4.78, 5) is 19.2. The summed E-state index contributed by atoms with van der Waals surface area (Å²) in [6.07, 6.45) is 5.01. The van der Waals surface area contributed by atoms with E-state index in [1.807, 2.05) is 35.9 Å². The molecule has 2 aliphatic heterocycles. The number of piperidine rings is 1. The van der Waals surface area contributed by atoms with E-state index in [2.05, 4.69) is 15.2 Å². The van der Waals surface area contributed by atoms with Crippen molar-refractivity contribution in [1.29, 1.82) is 0 Å². The third-order valence-electron chi connectivity index (χ3n) is 4.48. The fourth-order valence-corrected chi connectivity index (χ4v) is 3.45. The molecular formula is C15H18N4O. The number of hydrogen-bond donors (Lipinski definition) is 1. The molecule has 0 saturated carbocycles. The number of pyridine rings is 1. The van der Waals surface area contributed by atoms with E-state index < -0.39 is 0 Å². The quantitative estimate of drug-likeness (QED) is 0.888. The molecule has 4 heterocycles. The van der Waals surface area contributed by atoms with Crippen molar-refractivity contribution in [3.63, 3.8) is 0 Å². The predicted octanol–water partition coefficient (Wildman–Crippen LogP) is 1.08. The fourth-order valence-electron chi connectivity index (χ4n) is 3.45. The Morgan fingerprint density at radius 3 is 3.00 bits per heavy atom. The van der Waals surface area contributed by atoms with E-state index in [-0.39, 0.29) is 5.91 Å². The van der Waals surface area contributed by atoms with Crippen LogP contribution in [0, 0.1) is 12.8 Å². The zero-order valence-corrected chi connectivity index (χ0v) is 11.5. The van der Waals surface area contributed by atoms with Crippen LogP contribution in [0.4, 0.5) is 0 Å². The second-order valence-corrected chi connectivity index (χ2v) is 5.95. The van der Waals surface area contributed by atoms with Gasteiger partial charge in [0.05, 0.1) is 11.3 Å². The number of fused-ring (bicyclic) bond motifs is 3. The number of hydrogen-bond acceptors (Lipinski definition) is 3. The second kappa shape index (κ2) is 4.31. The molecule has 104 valence electrons. The third-order valence-corrected chi connectivity index (χ3v) is 4.48. The van der Waals surface area contributed by atoms with Gasteiger partial charge in [0.25, 0.3) is 5.91 Å². The Morgan fingerprint density at radius 2 is 2.25 bits per heavy atom. The van der Waals surface area contributed by atoms with Crippen LogP contribution in [0.25, 0.3) is 5.65 Å². The molecule has 4 rings (SSSR count). The van der Waals surface area contributed by atoms with Gasteiger partial charge in [-0.3, -0.25) is 4.79 Å². The number of carbonyl (C=O) groups excluding carboxylic acids is 1. The van der Waals surface area contributed by atoms with Crippen LogP contribution in [0.3, 0.4) is 0 Å². The van der Waals surface area contributed by atoms with Gasteiger partial charge in [-0.05, 0) is 37.9 Å². The molecule has 3 atom stereocenters.